The van der Waals surface area contributed by atoms with E-state index in [2.05, 4.69) is 31.4 Å². The minimum atomic E-state index is -0.416. The first-order valence-corrected chi connectivity index (χ1v) is 11.7. The van der Waals surface area contributed by atoms with Crippen molar-refractivity contribution in [3.63, 3.8) is 0 Å². The monoisotopic (exact) mass is 545 g/mol. The van der Waals surface area contributed by atoms with Crippen LogP contribution in [-0.2, 0) is 0 Å². The summed E-state index contributed by atoms with van der Waals surface area (Å²) >= 11 is 16.9. The summed E-state index contributed by atoms with van der Waals surface area (Å²) in [5.74, 6) is 0.0355. The van der Waals surface area contributed by atoms with Crippen LogP contribution in [0.5, 0.6) is 5.75 Å². The predicted octanol–water partition coefficient (Wildman–Crippen LogP) is 7.54. The van der Waals surface area contributed by atoms with Crippen molar-refractivity contribution in [3.05, 3.63) is 97.8 Å². The molecule has 0 unspecified atom stereocenters. The number of hydrogen-bond donors (Lipinski definition) is 1. The van der Waals surface area contributed by atoms with Gasteiger partial charge in [0.05, 0.1) is 22.5 Å². The molecule has 0 saturated carbocycles. The average molecular weight is 547 g/mol. The Morgan fingerprint density at radius 2 is 1.81 bits per heavy atom. The first-order chi connectivity index (χ1) is 15.5. The highest BCUT2D eigenvalue weighted by Gasteiger charge is 2.09. The Morgan fingerprint density at radius 3 is 2.53 bits per heavy atom. The van der Waals surface area contributed by atoms with Crippen LogP contribution in [0, 0.1) is 0 Å². The number of hydrazone groups is 1. The van der Waals surface area contributed by atoms with Crippen LogP contribution >= 0.6 is 50.5 Å². The molecule has 4 rings (SSSR count). The molecule has 0 amide bonds. The average Bonchev–Trinajstić information content (AvgIpc) is 3.24. The minimum Gasteiger partial charge on any atom is -0.423 e. The van der Waals surface area contributed by atoms with E-state index in [-0.39, 0.29) is 0 Å². The molecule has 0 aliphatic rings. The molecule has 32 heavy (non-hydrogen) atoms. The number of nitrogens with zero attached hydrogens (tertiary/aromatic N) is 2. The van der Waals surface area contributed by atoms with Crippen molar-refractivity contribution in [2.75, 3.05) is 5.43 Å². The van der Waals surface area contributed by atoms with Gasteiger partial charge in [0.15, 0.2) is 0 Å². The van der Waals surface area contributed by atoms with Crippen LogP contribution < -0.4 is 10.2 Å². The third kappa shape index (κ3) is 5.75. The van der Waals surface area contributed by atoms with Crippen LogP contribution in [0.25, 0.3) is 11.3 Å². The van der Waals surface area contributed by atoms with E-state index in [0.717, 1.165) is 21.3 Å². The van der Waals surface area contributed by atoms with E-state index in [1.165, 1.54) is 11.3 Å². The predicted molar refractivity (Wildman–Crippen MR) is 134 cm³/mol. The van der Waals surface area contributed by atoms with Gasteiger partial charge in [-0.15, -0.1) is 11.3 Å². The highest BCUT2D eigenvalue weighted by Crippen LogP contribution is 2.32. The fourth-order valence-corrected chi connectivity index (χ4v) is 4.11. The maximum Gasteiger partial charge on any atom is 0.343 e. The van der Waals surface area contributed by atoms with Crippen molar-refractivity contribution in [3.8, 4) is 17.0 Å². The highest BCUT2D eigenvalue weighted by atomic mass is 79.9. The second-order valence-electron chi connectivity index (χ2n) is 6.50. The van der Waals surface area contributed by atoms with Gasteiger partial charge in [-0.3, -0.25) is 5.43 Å². The maximum absolute atomic E-state index is 12.2. The van der Waals surface area contributed by atoms with Gasteiger partial charge in [0.1, 0.15) is 5.75 Å². The summed E-state index contributed by atoms with van der Waals surface area (Å²) in [7, 11) is 0. The van der Waals surface area contributed by atoms with Crippen molar-refractivity contribution in [2.45, 2.75) is 0 Å². The van der Waals surface area contributed by atoms with Gasteiger partial charge in [-0.25, -0.2) is 9.78 Å². The maximum atomic E-state index is 12.2. The molecule has 0 radical (unpaired) electrons. The van der Waals surface area contributed by atoms with Gasteiger partial charge in [0.25, 0.3) is 0 Å². The Hall–Kier alpha value is -2.71. The third-order valence-corrected chi connectivity index (χ3v) is 6.08. The molecule has 9 heteroatoms. The molecule has 0 bridgehead atoms. The summed E-state index contributed by atoms with van der Waals surface area (Å²) in [5.41, 5.74) is 5.76. The van der Waals surface area contributed by atoms with E-state index in [9.17, 15) is 4.79 Å². The smallest absolute Gasteiger partial charge is 0.343 e. The number of anilines is 1. The van der Waals surface area contributed by atoms with Gasteiger partial charge in [0.2, 0.25) is 5.13 Å². The number of halogens is 3. The van der Waals surface area contributed by atoms with E-state index < -0.39 is 5.97 Å². The number of hydrogen-bond acceptors (Lipinski definition) is 6. The van der Waals surface area contributed by atoms with E-state index in [0.29, 0.717) is 26.5 Å². The van der Waals surface area contributed by atoms with Crippen LogP contribution in [-0.4, -0.2) is 17.2 Å². The summed E-state index contributed by atoms with van der Waals surface area (Å²) in [5, 5.41) is 7.84. The zero-order valence-corrected chi connectivity index (χ0v) is 20.2. The number of aromatic nitrogens is 1. The lowest BCUT2D eigenvalue weighted by Crippen LogP contribution is -2.08. The van der Waals surface area contributed by atoms with Crippen molar-refractivity contribution in [2.24, 2.45) is 5.10 Å². The largest absolute Gasteiger partial charge is 0.423 e. The molecule has 1 N–H and O–H groups in total. The molecule has 5 nitrogen and oxygen atoms in total. The molecule has 3 aromatic carbocycles. The minimum absolute atomic E-state index is 0.416. The molecule has 0 aliphatic carbocycles. The number of thiazole rings is 1. The lowest BCUT2D eigenvalue weighted by atomic mass is 10.2. The molecule has 4 aromatic rings. The SMILES string of the molecule is O=C(Oc1ccc(C=NNc2nc(-c3ccc(Cl)cc3Cl)cs2)cc1)c1ccc(Br)cc1. The molecule has 1 heterocycles. The van der Waals surface area contributed by atoms with Gasteiger partial charge in [-0.05, 0) is 72.3 Å². The molecule has 0 aliphatic heterocycles. The van der Waals surface area contributed by atoms with Crippen LogP contribution in [0.4, 0.5) is 5.13 Å². The lowest BCUT2D eigenvalue weighted by molar-refractivity contribution is 0.0734. The van der Waals surface area contributed by atoms with Crippen molar-refractivity contribution in [1.29, 1.82) is 0 Å². The van der Waals surface area contributed by atoms with Crippen molar-refractivity contribution >= 4 is 67.8 Å². The van der Waals surface area contributed by atoms with Gasteiger partial charge in [-0.1, -0.05) is 39.1 Å². The molecule has 0 saturated heterocycles. The topological polar surface area (TPSA) is 63.6 Å². The standard InChI is InChI=1S/C23H14BrCl2N3O2S/c24-16-5-3-15(4-6-16)22(30)31-18-8-1-14(2-9-18)12-27-29-23-28-21(13-32-23)19-10-7-17(25)11-20(19)26/h1-13H,(H,28,29). The Labute approximate surface area is 206 Å². The quantitative estimate of drug-likeness (QED) is 0.117. The second kappa shape index (κ2) is 10.3. The number of carbonyl (C=O) groups excluding carboxylic acids is 1. The zero-order chi connectivity index (χ0) is 22.5. The number of benzene rings is 3. The van der Waals surface area contributed by atoms with E-state index >= 15 is 0 Å². The lowest BCUT2D eigenvalue weighted by Gasteiger charge is -2.04. The normalized spacial score (nSPS) is 11.0. The molecule has 0 spiro atoms. The summed E-state index contributed by atoms with van der Waals surface area (Å²) in [6, 6.07) is 19.3. The van der Waals surface area contributed by atoms with Gasteiger partial charge < -0.3 is 4.74 Å². The Balaban J connectivity index is 1.35. The number of esters is 1. The fourth-order valence-electron chi connectivity index (χ4n) is 2.68. The van der Waals surface area contributed by atoms with Crippen LogP contribution in [0.2, 0.25) is 10.0 Å². The van der Waals surface area contributed by atoms with Gasteiger partial charge >= 0.3 is 5.97 Å². The molecular weight excluding hydrogens is 533 g/mol. The first kappa shape index (κ1) is 22.5. The molecule has 0 fully saturated rings. The Morgan fingerprint density at radius 1 is 1.06 bits per heavy atom. The Bertz CT molecular complexity index is 1280. The van der Waals surface area contributed by atoms with E-state index in [1.807, 2.05) is 11.4 Å². The summed E-state index contributed by atoms with van der Waals surface area (Å²) in [6.45, 7) is 0. The molecule has 1 aromatic heterocycles. The number of nitrogens with one attached hydrogen (secondary N) is 1. The van der Waals surface area contributed by atoms with Crippen LogP contribution in [0.15, 0.2) is 81.7 Å². The number of carbonyl (C=O) groups is 1. The van der Waals surface area contributed by atoms with E-state index in [1.54, 1.807) is 66.9 Å². The Kier molecular flexibility index (Phi) is 7.22. The zero-order valence-electron chi connectivity index (χ0n) is 16.3. The van der Waals surface area contributed by atoms with Gasteiger partial charge in [0, 0.05) is 20.4 Å². The van der Waals surface area contributed by atoms with Crippen LogP contribution in [0.3, 0.4) is 0 Å². The summed E-state index contributed by atoms with van der Waals surface area (Å²) in [6.07, 6.45) is 1.65. The van der Waals surface area contributed by atoms with Gasteiger partial charge in [-0.2, -0.15) is 5.10 Å². The fraction of sp³-hybridized carbons (Fsp3) is 0. The molecule has 160 valence electrons. The van der Waals surface area contributed by atoms with Crippen molar-refractivity contribution < 1.29 is 9.53 Å². The summed E-state index contributed by atoms with van der Waals surface area (Å²) < 4.78 is 6.29. The molecular formula is C23H14BrCl2N3O2S. The summed E-state index contributed by atoms with van der Waals surface area (Å²) in [4.78, 5) is 16.7. The highest BCUT2D eigenvalue weighted by molar-refractivity contribution is 9.10. The van der Waals surface area contributed by atoms with Crippen LogP contribution in [0.1, 0.15) is 15.9 Å². The number of ether oxygens (including phenoxy) is 1. The third-order valence-electron chi connectivity index (χ3n) is 4.26. The van der Waals surface area contributed by atoms with Crippen molar-refractivity contribution in [1.82, 2.24) is 4.98 Å². The van der Waals surface area contributed by atoms with E-state index in [4.69, 9.17) is 27.9 Å². The number of rotatable bonds is 6. The second-order valence-corrected chi connectivity index (χ2v) is 9.11. The first-order valence-electron chi connectivity index (χ1n) is 9.26. The molecule has 0 atom stereocenters.